The van der Waals surface area contributed by atoms with Crippen LogP contribution in [-0.4, -0.2) is 14.2 Å². The second-order valence-electron chi connectivity index (χ2n) is 2.29. The Hall–Kier alpha value is -0.0777. The number of methoxy groups -OCH3 is 2. The molecule has 0 bridgehead atoms. The van der Waals surface area contributed by atoms with Gasteiger partial charge in [-0.3, -0.25) is 0 Å². The summed E-state index contributed by atoms with van der Waals surface area (Å²) in [6.07, 6.45) is 0. The summed E-state index contributed by atoms with van der Waals surface area (Å²) in [5.74, 6) is 1.45. The molecule has 0 saturated carbocycles. The molecule has 0 unspecified atom stereocenters. The molecule has 3 nitrogen and oxygen atoms in total. The number of ether oxygens (including phenoxy) is 2. The summed E-state index contributed by atoms with van der Waals surface area (Å²) in [5, 5.41) is 0. The number of hydrogen-bond donors (Lipinski definition) is 1. The van der Waals surface area contributed by atoms with Crippen LogP contribution >= 0.6 is 13.4 Å². The van der Waals surface area contributed by atoms with Crippen LogP contribution in [0.2, 0.25) is 0 Å². The topological polar surface area (TPSA) is 44.5 Å². The standard InChI is InChI=1S/C9H12NO2.BrH.Pd/c1-11-8-4-3-7(6-10)9(5-8)12-2;;/h4-5H,6,10H2,1-2H3;1H;/q-1;;+2/p-1. The quantitative estimate of drug-likeness (QED) is 0.666. The third-order valence-corrected chi connectivity index (χ3v) is 1.62. The van der Waals surface area contributed by atoms with E-state index in [1.807, 2.05) is 0 Å². The molecule has 5 heteroatoms. The van der Waals surface area contributed by atoms with Crippen LogP contribution in [0.3, 0.4) is 0 Å². The normalized spacial score (nSPS) is 8.71. The molecule has 0 heterocycles. The summed E-state index contributed by atoms with van der Waals surface area (Å²) >= 11 is 5.35. The zero-order valence-corrected chi connectivity index (χ0v) is 11.1. The first-order valence-corrected chi connectivity index (χ1v) is 7.32. The van der Waals surface area contributed by atoms with E-state index in [-0.39, 0.29) is 0 Å². The molecule has 1 aromatic rings. The Morgan fingerprint density at radius 3 is 2.50 bits per heavy atom. The Kier molecular flexibility index (Phi) is 8.20. The molecule has 0 aromatic heterocycles. The Bertz CT molecular complexity index is 271. The summed E-state index contributed by atoms with van der Waals surface area (Å²) in [7, 11) is 3.20. The number of hydrogen-bond acceptors (Lipinski definition) is 3. The van der Waals surface area contributed by atoms with Gasteiger partial charge in [0.1, 0.15) is 0 Å². The molecule has 0 radical (unpaired) electrons. The van der Waals surface area contributed by atoms with E-state index in [1.54, 1.807) is 26.4 Å². The number of nitrogens with two attached hydrogens (primary N) is 1. The predicted molar refractivity (Wildman–Crippen MR) is 55.2 cm³/mol. The molecule has 0 aliphatic rings. The average molecular weight is 353 g/mol. The van der Waals surface area contributed by atoms with E-state index in [2.05, 4.69) is 36.7 Å². The molecular formula is C9H12BrNO2Pd. The van der Waals surface area contributed by atoms with Gasteiger partial charge in [0, 0.05) is 11.5 Å². The molecule has 0 fully saturated rings. The van der Waals surface area contributed by atoms with Crippen molar-refractivity contribution in [3.05, 3.63) is 23.8 Å². The molecule has 0 atom stereocenters. The van der Waals surface area contributed by atoms with Crippen molar-refractivity contribution in [1.82, 2.24) is 0 Å². The molecule has 2 N–H and O–H groups in total. The van der Waals surface area contributed by atoms with Gasteiger partial charge in [-0.05, 0) is 6.54 Å². The van der Waals surface area contributed by atoms with Gasteiger partial charge in [0.05, 0.1) is 14.2 Å². The molecule has 1 rings (SSSR count). The van der Waals surface area contributed by atoms with Crippen molar-refractivity contribution in [1.29, 1.82) is 0 Å². The van der Waals surface area contributed by atoms with Gasteiger partial charge in [-0.1, -0.05) is 6.07 Å². The van der Waals surface area contributed by atoms with Gasteiger partial charge in [0.25, 0.3) is 0 Å². The fourth-order valence-electron chi connectivity index (χ4n) is 0.947. The summed E-state index contributed by atoms with van der Waals surface area (Å²) in [6.45, 7) is 0.424. The molecular weight excluding hydrogens is 340 g/mol. The molecule has 0 amide bonds. The second kappa shape index (κ2) is 8.25. The SMILES string of the molecule is COc1c[c-]c(CN)c(OC)c1.[Br][Pd+]. The van der Waals surface area contributed by atoms with Crippen LogP contribution in [0.25, 0.3) is 0 Å². The monoisotopic (exact) mass is 351 g/mol. The molecule has 0 saturated heterocycles. The van der Waals surface area contributed by atoms with Crippen molar-refractivity contribution in [2.24, 2.45) is 5.73 Å². The molecule has 0 aliphatic carbocycles. The fourth-order valence-corrected chi connectivity index (χ4v) is 0.947. The summed E-state index contributed by atoms with van der Waals surface area (Å²) < 4.78 is 10.1. The number of halogens is 1. The third-order valence-electron chi connectivity index (χ3n) is 1.62. The first-order chi connectivity index (χ1) is 6.81. The van der Waals surface area contributed by atoms with Crippen molar-refractivity contribution in [3.8, 4) is 11.5 Å². The summed E-state index contributed by atoms with van der Waals surface area (Å²) in [4.78, 5) is 0. The van der Waals surface area contributed by atoms with Crippen LogP contribution < -0.4 is 15.2 Å². The zero-order valence-electron chi connectivity index (χ0n) is 7.95. The second-order valence-corrected chi connectivity index (χ2v) is 2.29. The van der Waals surface area contributed by atoms with E-state index in [4.69, 9.17) is 15.2 Å². The van der Waals surface area contributed by atoms with Gasteiger partial charge in [0.2, 0.25) is 0 Å². The Balaban J connectivity index is 0.000000791. The van der Waals surface area contributed by atoms with Crippen molar-refractivity contribution in [2.75, 3.05) is 14.2 Å². The van der Waals surface area contributed by atoms with Crippen LogP contribution in [0.4, 0.5) is 0 Å². The fraction of sp³-hybridized carbons (Fsp3) is 0.333. The van der Waals surface area contributed by atoms with E-state index in [0.717, 1.165) is 17.1 Å². The number of rotatable bonds is 3. The first-order valence-electron chi connectivity index (χ1n) is 3.76. The predicted octanol–water partition coefficient (Wildman–Crippen LogP) is 1.81. The van der Waals surface area contributed by atoms with E-state index in [9.17, 15) is 0 Å². The van der Waals surface area contributed by atoms with Gasteiger partial charge < -0.3 is 15.2 Å². The van der Waals surface area contributed by atoms with Crippen LogP contribution in [0.5, 0.6) is 11.5 Å². The maximum absolute atomic E-state index is 5.47. The maximum atomic E-state index is 5.47. The third kappa shape index (κ3) is 3.97. The molecule has 82 valence electrons. The van der Waals surface area contributed by atoms with Gasteiger partial charge in [-0.25, -0.2) is 0 Å². The summed E-state index contributed by atoms with van der Waals surface area (Å²) in [5.41, 5.74) is 6.33. The minimum atomic E-state index is 0.424. The molecule has 14 heavy (non-hydrogen) atoms. The van der Waals surface area contributed by atoms with E-state index < -0.39 is 0 Å². The minimum absolute atomic E-state index is 0.424. The van der Waals surface area contributed by atoms with Crippen molar-refractivity contribution in [2.45, 2.75) is 6.54 Å². The molecule has 1 aromatic carbocycles. The Morgan fingerprint density at radius 2 is 2.07 bits per heavy atom. The van der Waals surface area contributed by atoms with Gasteiger partial charge in [-0.15, -0.1) is 11.6 Å². The van der Waals surface area contributed by atoms with Crippen molar-refractivity contribution >= 4 is 13.4 Å². The number of benzene rings is 1. The molecule has 0 spiro atoms. The van der Waals surface area contributed by atoms with Crippen molar-refractivity contribution < 1.29 is 26.7 Å². The van der Waals surface area contributed by atoms with Gasteiger partial charge in [-0.2, -0.15) is 6.07 Å². The van der Waals surface area contributed by atoms with Crippen LogP contribution in [-0.2, 0) is 23.7 Å². The van der Waals surface area contributed by atoms with E-state index in [0.29, 0.717) is 6.54 Å². The van der Waals surface area contributed by atoms with Crippen LogP contribution in [0, 0.1) is 6.07 Å². The zero-order chi connectivity index (χ0) is 11.0. The van der Waals surface area contributed by atoms with Gasteiger partial charge >= 0.3 is 30.6 Å². The average Bonchev–Trinajstić information content (AvgIpc) is 2.30. The van der Waals surface area contributed by atoms with Crippen molar-refractivity contribution in [3.63, 3.8) is 0 Å². The molecule has 0 aliphatic heterocycles. The summed E-state index contributed by atoms with van der Waals surface area (Å²) in [6, 6.07) is 6.51. The van der Waals surface area contributed by atoms with E-state index >= 15 is 0 Å². The van der Waals surface area contributed by atoms with E-state index in [1.165, 1.54) is 0 Å². The van der Waals surface area contributed by atoms with Crippen LogP contribution in [0.15, 0.2) is 12.1 Å². The Morgan fingerprint density at radius 1 is 1.43 bits per heavy atom. The van der Waals surface area contributed by atoms with Gasteiger partial charge in [0.15, 0.2) is 0 Å². The van der Waals surface area contributed by atoms with Crippen LogP contribution in [0.1, 0.15) is 5.56 Å². The Labute approximate surface area is 102 Å². The first kappa shape index (κ1) is 13.9.